The number of ether oxygens (including phenoxy) is 1. The predicted octanol–water partition coefficient (Wildman–Crippen LogP) is 15.4. The van der Waals surface area contributed by atoms with Crippen LogP contribution in [0.3, 0.4) is 0 Å². The van der Waals surface area contributed by atoms with Crippen LogP contribution in [0.15, 0.2) is 200 Å². The molecule has 0 amide bonds. The van der Waals surface area contributed by atoms with E-state index in [9.17, 15) is 0 Å². The Morgan fingerprint density at radius 2 is 0.930 bits per heavy atom. The number of hydrogen-bond donors (Lipinski definition) is 0. The molecule has 0 radical (unpaired) electrons. The summed E-state index contributed by atoms with van der Waals surface area (Å²) in [5.41, 5.74) is 17.9. The van der Waals surface area contributed by atoms with Gasteiger partial charge >= 0.3 is 0 Å². The van der Waals surface area contributed by atoms with Gasteiger partial charge in [-0.25, -0.2) is 0 Å². The first-order chi connectivity index (χ1) is 28.0. The van der Waals surface area contributed by atoms with Crippen molar-refractivity contribution in [2.24, 2.45) is 0 Å². The molecule has 2 aliphatic rings. The third-order valence-corrected chi connectivity index (χ3v) is 12.1. The molecule has 1 aliphatic carbocycles. The van der Waals surface area contributed by atoms with Gasteiger partial charge in [0.1, 0.15) is 11.5 Å². The van der Waals surface area contributed by atoms with Gasteiger partial charge in [-0.2, -0.15) is 0 Å². The number of rotatable bonds is 5. The molecule has 9 aromatic rings. The van der Waals surface area contributed by atoms with Crippen molar-refractivity contribution in [1.82, 2.24) is 0 Å². The summed E-state index contributed by atoms with van der Waals surface area (Å²) in [6.45, 7) is 4.70. The van der Waals surface area contributed by atoms with Crippen LogP contribution in [0.4, 0.5) is 17.1 Å². The van der Waals surface area contributed by atoms with Crippen molar-refractivity contribution in [2.75, 3.05) is 4.90 Å². The van der Waals surface area contributed by atoms with Gasteiger partial charge in [-0.1, -0.05) is 159 Å². The second-order valence-corrected chi connectivity index (χ2v) is 15.7. The molecule has 0 saturated carbocycles. The van der Waals surface area contributed by atoms with Gasteiger partial charge in [0, 0.05) is 39.2 Å². The molecule has 0 bridgehead atoms. The Morgan fingerprint density at radius 1 is 0.368 bits per heavy atom. The molecule has 1 aliphatic heterocycles. The van der Waals surface area contributed by atoms with Gasteiger partial charge in [0.2, 0.25) is 0 Å². The highest BCUT2D eigenvalue weighted by molar-refractivity contribution is 6.07. The standard InChI is InChI=1S/C55H39NO/c1-55(2)50-18-10-8-16-45(50)46-32-30-43(35-51(46)55)56(41-26-20-37(21-27-41)36-12-4-3-5-13-36)42-28-22-38(23-29-42)40-25-33-53-49(34-40)54-44-15-7-6-14-39(44)24-31-48(54)47-17-9-11-19-52(47)57-53/h3-35H,1-2H3. The number of anilines is 3. The molecule has 0 saturated heterocycles. The van der Waals surface area contributed by atoms with Crippen LogP contribution in [0.25, 0.3) is 66.4 Å². The Labute approximate surface area is 333 Å². The summed E-state index contributed by atoms with van der Waals surface area (Å²) in [7, 11) is 0. The van der Waals surface area contributed by atoms with Crippen molar-refractivity contribution >= 4 is 27.8 Å². The van der Waals surface area contributed by atoms with Gasteiger partial charge in [0.15, 0.2) is 0 Å². The number of para-hydroxylation sites is 1. The van der Waals surface area contributed by atoms with E-state index in [0.717, 1.165) is 50.8 Å². The average molecular weight is 730 g/mol. The normalized spacial score (nSPS) is 13.0. The molecule has 0 fully saturated rings. The van der Waals surface area contributed by atoms with Crippen LogP contribution in [-0.2, 0) is 5.41 Å². The molecule has 57 heavy (non-hydrogen) atoms. The molecule has 0 atom stereocenters. The monoisotopic (exact) mass is 729 g/mol. The summed E-state index contributed by atoms with van der Waals surface area (Å²) >= 11 is 0. The van der Waals surface area contributed by atoms with Gasteiger partial charge in [-0.15, -0.1) is 0 Å². The maximum Gasteiger partial charge on any atom is 0.135 e. The van der Waals surface area contributed by atoms with Crippen molar-refractivity contribution in [3.05, 3.63) is 211 Å². The fraction of sp³-hybridized carbons (Fsp3) is 0.0545. The predicted molar refractivity (Wildman–Crippen MR) is 238 cm³/mol. The summed E-state index contributed by atoms with van der Waals surface area (Å²) in [6.07, 6.45) is 0. The first kappa shape index (κ1) is 33.2. The summed E-state index contributed by atoms with van der Waals surface area (Å²) in [6, 6.07) is 72.6. The highest BCUT2D eigenvalue weighted by Crippen LogP contribution is 2.52. The van der Waals surface area contributed by atoms with Gasteiger partial charge in [0.05, 0.1) is 0 Å². The molecule has 0 aromatic heterocycles. The molecule has 0 N–H and O–H groups in total. The zero-order valence-corrected chi connectivity index (χ0v) is 31.9. The van der Waals surface area contributed by atoms with Crippen LogP contribution < -0.4 is 9.64 Å². The Hall–Kier alpha value is -7.16. The van der Waals surface area contributed by atoms with E-state index < -0.39 is 0 Å². The van der Waals surface area contributed by atoms with E-state index in [-0.39, 0.29) is 5.41 Å². The van der Waals surface area contributed by atoms with Gasteiger partial charge in [0.25, 0.3) is 0 Å². The van der Waals surface area contributed by atoms with Crippen LogP contribution in [0.5, 0.6) is 11.5 Å². The van der Waals surface area contributed by atoms with E-state index in [0.29, 0.717) is 0 Å². The molecule has 9 aromatic carbocycles. The van der Waals surface area contributed by atoms with Crippen LogP contribution in [0.2, 0.25) is 0 Å². The second-order valence-electron chi connectivity index (χ2n) is 15.7. The molecule has 1 heterocycles. The maximum absolute atomic E-state index is 6.67. The Morgan fingerprint density at radius 3 is 1.72 bits per heavy atom. The Kier molecular flexibility index (Phi) is 7.55. The van der Waals surface area contributed by atoms with Gasteiger partial charge in [-0.05, 0) is 115 Å². The van der Waals surface area contributed by atoms with E-state index in [4.69, 9.17) is 4.74 Å². The van der Waals surface area contributed by atoms with Gasteiger partial charge in [-0.3, -0.25) is 0 Å². The largest absolute Gasteiger partial charge is 0.456 e. The van der Waals surface area contributed by atoms with E-state index in [1.807, 2.05) is 6.07 Å². The second kappa shape index (κ2) is 13.0. The lowest BCUT2D eigenvalue weighted by atomic mass is 9.82. The lowest BCUT2D eigenvalue weighted by molar-refractivity contribution is 0.488. The lowest BCUT2D eigenvalue weighted by Crippen LogP contribution is -2.16. The zero-order valence-electron chi connectivity index (χ0n) is 31.9. The maximum atomic E-state index is 6.67. The number of benzene rings is 9. The molecule has 270 valence electrons. The third-order valence-electron chi connectivity index (χ3n) is 12.1. The van der Waals surface area contributed by atoms with Crippen molar-refractivity contribution in [2.45, 2.75) is 19.3 Å². The molecule has 0 unspecified atom stereocenters. The molecular formula is C55H39NO. The molecule has 0 spiro atoms. The van der Waals surface area contributed by atoms with Crippen molar-refractivity contribution in [1.29, 1.82) is 0 Å². The number of nitrogens with zero attached hydrogens (tertiary/aromatic N) is 1. The minimum Gasteiger partial charge on any atom is -0.456 e. The Balaban J connectivity index is 1.02. The summed E-state index contributed by atoms with van der Waals surface area (Å²) < 4.78 is 6.67. The zero-order chi connectivity index (χ0) is 38.1. The van der Waals surface area contributed by atoms with Crippen LogP contribution >= 0.6 is 0 Å². The molecule has 11 rings (SSSR count). The van der Waals surface area contributed by atoms with Crippen LogP contribution in [0.1, 0.15) is 25.0 Å². The minimum absolute atomic E-state index is 0.102. The average Bonchev–Trinajstić information content (AvgIpc) is 3.39. The third kappa shape index (κ3) is 5.40. The lowest BCUT2D eigenvalue weighted by Gasteiger charge is -2.28. The Bertz CT molecular complexity index is 3000. The van der Waals surface area contributed by atoms with Crippen molar-refractivity contribution in [3.8, 4) is 67.1 Å². The fourth-order valence-corrected chi connectivity index (χ4v) is 9.19. The summed E-state index contributed by atoms with van der Waals surface area (Å²) in [5.74, 6) is 1.74. The summed E-state index contributed by atoms with van der Waals surface area (Å²) in [5, 5.41) is 2.44. The minimum atomic E-state index is -0.102. The van der Waals surface area contributed by atoms with Crippen molar-refractivity contribution < 1.29 is 4.74 Å². The van der Waals surface area contributed by atoms with E-state index in [2.05, 4.69) is 213 Å². The van der Waals surface area contributed by atoms with Crippen LogP contribution in [-0.4, -0.2) is 0 Å². The highest BCUT2D eigenvalue weighted by Gasteiger charge is 2.35. The van der Waals surface area contributed by atoms with E-state index in [1.54, 1.807) is 0 Å². The SMILES string of the molecule is CC1(C)c2ccccc2-c2ccc(N(c3ccc(-c4ccccc4)cc3)c3ccc(-c4ccc5c(c4)-c4c(ccc6ccccc46)-c4ccccc4O5)cc3)cc21. The number of hydrogen-bond acceptors (Lipinski definition) is 2. The first-order valence-corrected chi connectivity index (χ1v) is 19.8. The van der Waals surface area contributed by atoms with E-state index in [1.165, 1.54) is 55.3 Å². The van der Waals surface area contributed by atoms with Crippen LogP contribution in [0, 0.1) is 0 Å². The van der Waals surface area contributed by atoms with E-state index >= 15 is 0 Å². The summed E-state index contributed by atoms with van der Waals surface area (Å²) in [4.78, 5) is 2.39. The van der Waals surface area contributed by atoms with Crippen molar-refractivity contribution in [3.63, 3.8) is 0 Å². The highest BCUT2D eigenvalue weighted by atomic mass is 16.5. The number of fused-ring (bicyclic) bond motifs is 10. The van der Waals surface area contributed by atoms with Gasteiger partial charge < -0.3 is 9.64 Å². The quantitative estimate of drug-likeness (QED) is 0.175. The molecule has 2 nitrogen and oxygen atoms in total. The molecular weight excluding hydrogens is 691 g/mol. The first-order valence-electron chi connectivity index (χ1n) is 19.8. The smallest absolute Gasteiger partial charge is 0.135 e. The molecule has 2 heteroatoms. The topological polar surface area (TPSA) is 12.5 Å². The fourth-order valence-electron chi connectivity index (χ4n) is 9.19.